The van der Waals surface area contributed by atoms with Gasteiger partial charge in [-0.05, 0) is 12.8 Å². The third-order valence-corrected chi connectivity index (χ3v) is 3.28. The highest BCUT2D eigenvalue weighted by Gasteiger charge is 2.33. The maximum absolute atomic E-state index is 9.72. The number of rotatable bonds is 1. The van der Waals surface area contributed by atoms with E-state index in [4.69, 9.17) is 0 Å². The molecule has 4 nitrogen and oxygen atoms in total. The van der Waals surface area contributed by atoms with Crippen molar-refractivity contribution in [3.8, 4) is 11.6 Å². The average molecular weight is 207 g/mol. The van der Waals surface area contributed by atoms with Gasteiger partial charge in [0.25, 0.3) is 5.88 Å². The minimum absolute atomic E-state index is 0.140. The van der Waals surface area contributed by atoms with Crippen molar-refractivity contribution >= 4 is 0 Å². The first-order valence-corrected chi connectivity index (χ1v) is 5.30. The summed E-state index contributed by atoms with van der Waals surface area (Å²) < 4.78 is 0. The Labute approximate surface area is 89.0 Å². The lowest BCUT2D eigenvalue weighted by Gasteiger charge is -2.32. The second kappa shape index (κ2) is 3.68. The number of aromatic nitrogens is 2. The molecule has 1 saturated carbocycles. The van der Waals surface area contributed by atoms with Crippen molar-refractivity contribution in [1.82, 2.24) is 9.97 Å². The molecule has 1 aromatic rings. The predicted octanol–water partition coefficient (Wildman–Crippen LogP) is 1.91. The normalized spacial score (nSPS) is 20.1. The van der Waals surface area contributed by atoms with E-state index in [2.05, 4.69) is 23.2 Å². The Balaban J connectivity index is 2.39. The third-order valence-electron chi connectivity index (χ3n) is 3.28. The fourth-order valence-electron chi connectivity index (χ4n) is 2.32. The zero-order valence-electron chi connectivity index (χ0n) is 8.82. The van der Waals surface area contributed by atoms with Crippen LogP contribution in [0.15, 0.2) is 0 Å². The van der Waals surface area contributed by atoms with Gasteiger partial charge < -0.3 is 10.2 Å². The molecule has 0 aromatic carbocycles. The molecular formula is C11H15N2O2. The van der Waals surface area contributed by atoms with Gasteiger partial charge in [0.05, 0.1) is 5.69 Å². The fraction of sp³-hybridized carbons (Fsp3) is 0.636. The summed E-state index contributed by atoms with van der Waals surface area (Å²) in [4.78, 5) is 7.42. The summed E-state index contributed by atoms with van der Waals surface area (Å²) >= 11 is 0. The van der Waals surface area contributed by atoms with Crippen LogP contribution in [0.1, 0.15) is 44.7 Å². The Morgan fingerprint density at radius 3 is 2.47 bits per heavy atom. The molecule has 1 radical (unpaired) electrons. The van der Waals surface area contributed by atoms with Gasteiger partial charge >= 0.3 is 0 Å². The van der Waals surface area contributed by atoms with Crippen molar-refractivity contribution in [3.63, 3.8) is 0 Å². The van der Waals surface area contributed by atoms with Crippen LogP contribution >= 0.6 is 0 Å². The summed E-state index contributed by atoms with van der Waals surface area (Å²) in [6.07, 6.45) is 7.88. The number of aromatic hydroxyl groups is 2. The summed E-state index contributed by atoms with van der Waals surface area (Å²) in [5.41, 5.74) is 0.397. The summed E-state index contributed by atoms with van der Waals surface area (Å²) in [7, 11) is 0. The van der Waals surface area contributed by atoms with Gasteiger partial charge in [-0.3, -0.25) is 0 Å². The molecule has 0 spiro atoms. The van der Waals surface area contributed by atoms with E-state index in [0.29, 0.717) is 5.69 Å². The Morgan fingerprint density at radius 1 is 1.13 bits per heavy atom. The molecule has 4 heteroatoms. The molecule has 0 unspecified atom stereocenters. The summed E-state index contributed by atoms with van der Waals surface area (Å²) in [5, 5.41) is 19.0. The second-order valence-corrected chi connectivity index (χ2v) is 4.47. The van der Waals surface area contributed by atoms with Gasteiger partial charge in [-0.25, -0.2) is 4.98 Å². The van der Waals surface area contributed by atoms with Crippen molar-refractivity contribution in [2.24, 2.45) is 0 Å². The van der Waals surface area contributed by atoms with Crippen LogP contribution in [0.2, 0.25) is 0 Å². The zero-order chi connectivity index (χ0) is 10.9. The molecule has 1 heterocycles. The Kier molecular flexibility index (Phi) is 2.50. The topological polar surface area (TPSA) is 66.2 Å². The van der Waals surface area contributed by atoms with Crippen LogP contribution in [-0.2, 0) is 5.41 Å². The minimum atomic E-state index is -0.369. The molecule has 15 heavy (non-hydrogen) atoms. The van der Waals surface area contributed by atoms with E-state index in [1.807, 2.05) is 0 Å². The monoisotopic (exact) mass is 207 g/mol. The molecule has 81 valence electrons. The summed E-state index contributed by atoms with van der Waals surface area (Å²) in [6.45, 7) is 2.07. The smallest absolute Gasteiger partial charge is 0.258 e. The van der Waals surface area contributed by atoms with Crippen molar-refractivity contribution < 1.29 is 10.2 Å². The molecule has 1 aliphatic rings. The molecular weight excluding hydrogens is 192 g/mol. The lowest BCUT2D eigenvalue weighted by Crippen LogP contribution is -2.26. The Bertz CT molecular complexity index is 360. The second-order valence-electron chi connectivity index (χ2n) is 4.47. The SMILES string of the molecule is CC1(c2n[c]nc(O)c2O)CCCCC1. The van der Waals surface area contributed by atoms with E-state index in [-0.39, 0.29) is 17.0 Å². The first-order chi connectivity index (χ1) is 7.13. The van der Waals surface area contributed by atoms with Gasteiger partial charge in [-0.2, -0.15) is 4.98 Å². The van der Waals surface area contributed by atoms with Crippen LogP contribution in [0.25, 0.3) is 0 Å². The van der Waals surface area contributed by atoms with Crippen LogP contribution in [-0.4, -0.2) is 20.2 Å². The molecule has 1 aliphatic carbocycles. The van der Waals surface area contributed by atoms with Crippen LogP contribution in [0.4, 0.5) is 0 Å². The fourth-order valence-corrected chi connectivity index (χ4v) is 2.32. The van der Waals surface area contributed by atoms with Crippen LogP contribution in [0, 0.1) is 6.33 Å². The highest BCUT2D eigenvalue weighted by atomic mass is 16.3. The molecule has 0 bridgehead atoms. The minimum Gasteiger partial charge on any atom is -0.502 e. The van der Waals surface area contributed by atoms with Gasteiger partial charge in [0.1, 0.15) is 0 Å². The Hall–Kier alpha value is -1.32. The lowest BCUT2D eigenvalue weighted by molar-refractivity contribution is 0.291. The van der Waals surface area contributed by atoms with Crippen molar-refractivity contribution in [1.29, 1.82) is 0 Å². The first kappa shape index (κ1) is 10.2. The van der Waals surface area contributed by atoms with E-state index in [0.717, 1.165) is 25.7 Å². The van der Waals surface area contributed by atoms with E-state index in [9.17, 15) is 10.2 Å². The largest absolute Gasteiger partial charge is 0.502 e. The van der Waals surface area contributed by atoms with Crippen molar-refractivity contribution in [2.45, 2.75) is 44.4 Å². The molecule has 2 rings (SSSR count). The quantitative estimate of drug-likeness (QED) is 0.738. The highest BCUT2D eigenvalue weighted by Crippen LogP contribution is 2.42. The molecule has 0 aliphatic heterocycles. The summed E-state index contributed by atoms with van der Waals surface area (Å²) in [5.74, 6) is -0.551. The van der Waals surface area contributed by atoms with E-state index >= 15 is 0 Å². The average Bonchev–Trinajstić information content (AvgIpc) is 2.23. The van der Waals surface area contributed by atoms with Gasteiger partial charge in [-0.15, -0.1) is 0 Å². The lowest BCUT2D eigenvalue weighted by atomic mass is 9.73. The van der Waals surface area contributed by atoms with E-state index < -0.39 is 0 Å². The number of nitrogens with zero attached hydrogens (tertiary/aromatic N) is 2. The highest BCUT2D eigenvalue weighted by molar-refractivity contribution is 5.39. The maximum atomic E-state index is 9.72. The van der Waals surface area contributed by atoms with Gasteiger partial charge in [0.15, 0.2) is 0 Å². The van der Waals surface area contributed by atoms with E-state index in [1.165, 1.54) is 6.42 Å². The number of hydrogen-bond acceptors (Lipinski definition) is 4. The van der Waals surface area contributed by atoms with Crippen LogP contribution in [0.5, 0.6) is 11.6 Å². The number of hydrogen-bond donors (Lipinski definition) is 2. The first-order valence-electron chi connectivity index (χ1n) is 5.30. The van der Waals surface area contributed by atoms with Crippen LogP contribution < -0.4 is 0 Å². The third kappa shape index (κ3) is 1.76. The maximum Gasteiger partial charge on any atom is 0.258 e. The van der Waals surface area contributed by atoms with Crippen LogP contribution in [0.3, 0.4) is 0 Å². The van der Waals surface area contributed by atoms with Crippen molar-refractivity contribution in [3.05, 3.63) is 12.0 Å². The molecule has 1 aromatic heterocycles. The molecule has 2 N–H and O–H groups in total. The molecule has 1 fully saturated rings. The van der Waals surface area contributed by atoms with Gasteiger partial charge in [-0.1, -0.05) is 26.2 Å². The Morgan fingerprint density at radius 2 is 1.80 bits per heavy atom. The molecule has 0 atom stereocenters. The molecule has 0 amide bonds. The predicted molar refractivity (Wildman–Crippen MR) is 54.6 cm³/mol. The van der Waals surface area contributed by atoms with Gasteiger partial charge in [0.2, 0.25) is 12.1 Å². The molecule has 0 saturated heterocycles. The zero-order valence-corrected chi connectivity index (χ0v) is 8.82. The van der Waals surface area contributed by atoms with Gasteiger partial charge in [0, 0.05) is 5.41 Å². The van der Waals surface area contributed by atoms with E-state index in [1.54, 1.807) is 0 Å². The summed E-state index contributed by atoms with van der Waals surface area (Å²) in [6, 6.07) is 0. The standard InChI is InChI=1S/C11H15N2O2/c1-11(5-3-2-4-6-11)9-8(14)10(15)13-7-12-9/h14H,2-6H2,1H3,(H,12,13,15). The van der Waals surface area contributed by atoms with Crippen molar-refractivity contribution in [2.75, 3.05) is 0 Å².